The van der Waals surface area contributed by atoms with E-state index in [0.29, 0.717) is 0 Å². The molecule has 0 bridgehead atoms. The van der Waals surface area contributed by atoms with E-state index in [2.05, 4.69) is 0 Å². The Bertz CT molecular complexity index is 1300. The van der Waals surface area contributed by atoms with Crippen molar-refractivity contribution < 1.29 is 48.8 Å². The third kappa shape index (κ3) is 4.63. The van der Waals surface area contributed by atoms with Gasteiger partial charge in [-0.05, 0) is 60.4 Å². The van der Waals surface area contributed by atoms with Crippen LogP contribution in [0.1, 0.15) is 21.5 Å². The second kappa shape index (κ2) is 7.16. The minimum Gasteiger partial charge on any atom is -0.478 e. The van der Waals surface area contributed by atoms with Gasteiger partial charge in [-0.15, -0.1) is 0 Å². The van der Waals surface area contributed by atoms with Crippen LogP contribution in [-0.2, 0) is 30.4 Å². The van der Waals surface area contributed by atoms with Crippen LogP contribution in [0.5, 0.6) is 0 Å². The summed E-state index contributed by atoms with van der Waals surface area (Å²) in [7, 11) is -14.9. The van der Waals surface area contributed by atoms with E-state index in [9.17, 15) is 48.8 Å². The summed E-state index contributed by atoms with van der Waals surface area (Å²) in [6.07, 6.45) is 0. The van der Waals surface area contributed by atoms with Gasteiger partial charge in [-0.1, -0.05) is 0 Å². The van der Waals surface area contributed by atoms with Crippen molar-refractivity contribution in [2.45, 2.75) is 28.5 Å². The molecule has 0 radical (unpaired) electrons. The summed E-state index contributed by atoms with van der Waals surface area (Å²) in [5.41, 5.74) is -2.07. The molecular weight excluding hydrogens is 452 g/mol. The monoisotopic (exact) mass is 466 g/mol. The van der Waals surface area contributed by atoms with Gasteiger partial charge in [0.05, 0.1) is 20.2 Å². The van der Waals surface area contributed by atoms with Gasteiger partial charge in [0.2, 0.25) is 0 Å². The molecule has 0 atom stereocenters. The second-order valence-corrected chi connectivity index (χ2v) is 10.1. The van der Waals surface area contributed by atoms with Crippen molar-refractivity contribution in [3.63, 3.8) is 0 Å². The summed E-state index contributed by atoms with van der Waals surface area (Å²) in [5, 5.41) is 9.29. The molecular formula is C15H14O11S3. The second-order valence-electron chi connectivity index (χ2n) is 5.97. The van der Waals surface area contributed by atoms with Gasteiger partial charge in [-0.25, -0.2) is 4.79 Å². The standard InChI is InChI=1S/C15H14O11S3/c1-7-11(15(16)17)3-9(4-12(7)27(18,19)20)10-5-13(28(21,22)23)8(2)14(6-10)29(24,25)26/h3-6H,1-2H3,(H,16,17)(H,18,19,20)(H,21,22,23)(H,24,25,26). The molecule has 0 aromatic heterocycles. The zero-order chi connectivity index (χ0) is 22.5. The van der Waals surface area contributed by atoms with Gasteiger partial charge >= 0.3 is 5.97 Å². The SMILES string of the molecule is Cc1c(C(=O)O)cc(-c2cc(S(=O)(=O)O)c(C)c(S(=O)(=O)O)c2)cc1S(=O)(=O)O. The van der Waals surface area contributed by atoms with Crippen molar-refractivity contribution in [2.24, 2.45) is 0 Å². The van der Waals surface area contributed by atoms with Crippen molar-refractivity contribution in [1.29, 1.82) is 0 Å². The largest absolute Gasteiger partial charge is 0.478 e. The maximum atomic E-state index is 11.6. The fraction of sp³-hybridized carbons (Fsp3) is 0.133. The summed E-state index contributed by atoms with van der Waals surface area (Å²) in [6, 6.07) is 3.24. The lowest BCUT2D eigenvalue weighted by Crippen LogP contribution is -2.10. The first-order valence-electron chi connectivity index (χ1n) is 7.40. The number of hydrogen-bond acceptors (Lipinski definition) is 7. The zero-order valence-electron chi connectivity index (χ0n) is 14.7. The molecule has 4 N–H and O–H groups in total. The first-order chi connectivity index (χ1) is 12.9. The number of benzene rings is 2. The predicted octanol–water partition coefficient (Wildman–Crippen LogP) is 1.41. The fourth-order valence-corrected chi connectivity index (χ4v) is 5.09. The van der Waals surface area contributed by atoms with Gasteiger partial charge in [-0.2, -0.15) is 25.3 Å². The number of carboxylic acids is 1. The molecule has 0 unspecified atom stereocenters. The van der Waals surface area contributed by atoms with Gasteiger partial charge in [0.1, 0.15) is 0 Å². The number of rotatable bonds is 5. The normalized spacial score (nSPS) is 12.7. The van der Waals surface area contributed by atoms with Crippen molar-refractivity contribution in [1.82, 2.24) is 0 Å². The van der Waals surface area contributed by atoms with E-state index in [0.717, 1.165) is 38.1 Å². The highest BCUT2D eigenvalue weighted by atomic mass is 32.2. The number of carboxylic acid groups (broad SMARTS) is 1. The molecule has 14 heteroatoms. The van der Waals surface area contributed by atoms with Gasteiger partial charge in [-0.3, -0.25) is 13.7 Å². The highest BCUT2D eigenvalue weighted by molar-refractivity contribution is 7.87. The molecule has 0 fully saturated rings. The fourth-order valence-electron chi connectivity index (χ4n) is 2.71. The zero-order valence-corrected chi connectivity index (χ0v) is 17.1. The Morgan fingerprint density at radius 1 is 0.655 bits per heavy atom. The highest BCUT2D eigenvalue weighted by Crippen LogP contribution is 2.33. The Kier molecular flexibility index (Phi) is 5.66. The molecule has 0 heterocycles. The van der Waals surface area contributed by atoms with E-state index in [1.165, 1.54) is 0 Å². The van der Waals surface area contributed by atoms with E-state index in [1.54, 1.807) is 0 Å². The average Bonchev–Trinajstić information content (AvgIpc) is 2.51. The Hall–Kier alpha value is -2.36. The van der Waals surface area contributed by atoms with Crippen LogP contribution in [0.4, 0.5) is 0 Å². The summed E-state index contributed by atoms with van der Waals surface area (Å²) in [5.74, 6) is -1.58. The first kappa shape index (κ1) is 22.9. The van der Waals surface area contributed by atoms with Gasteiger partial charge in [0.15, 0.2) is 0 Å². The molecule has 2 aromatic carbocycles. The minimum atomic E-state index is -4.98. The topological polar surface area (TPSA) is 200 Å². The molecule has 0 aliphatic carbocycles. The third-order valence-electron chi connectivity index (χ3n) is 4.07. The average molecular weight is 466 g/mol. The van der Waals surface area contributed by atoms with E-state index in [1.807, 2.05) is 0 Å². The summed E-state index contributed by atoms with van der Waals surface area (Å²) >= 11 is 0. The van der Waals surface area contributed by atoms with Crippen molar-refractivity contribution in [3.05, 3.63) is 41.0 Å². The lowest BCUT2D eigenvalue weighted by molar-refractivity contribution is 0.0695. The lowest BCUT2D eigenvalue weighted by Gasteiger charge is -2.14. The molecule has 0 aliphatic rings. The molecule has 0 aliphatic heterocycles. The van der Waals surface area contributed by atoms with Crippen LogP contribution < -0.4 is 0 Å². The molecule has 0 amide bonds. The smallest absolute Gasteiger partial charge is 0.336 e. The Labute approximate surface area is 165 Å². The summed E-state index contributed by atoms with van der Waals surface area (Å²) in [6.45, 7) is 2.11. The quantitative estimate of drug-likeness (QED) is 0.464. The molecule has 0 saturated carbocycles. The van der Waals surface area contributed by atoms with Crippen molar-refractivity contribution >= 4 is 36.3 Å². The summed E-state index contributed by atoms with van der Waals surface area (Å²) < 4.78 is 97.8. The van der Waals surface area contributed by atoms with Crippen LogP contribution in [0.3, 0.4) is 0 Å². The minimum absolute atomic E-state index is 0.310. The highest BCUT2D eigenvalue weighted by Gasteiger charge is 2.26. The van der Waals surface area contributed by atoms with Crippen LogP contribution in [0.15, 0.2) is 39.0 Å². The lowest BCUT2D eigenvalue weighted by atomic mass is 9.99. The molecule has 158 valence electrons. The van der Waals surface area contributed by atoms with Crippen LogP contribution in [0, 0.1) is 13.8 Å². The molecule has 2 aromatic rings. The number of hydrogen-bond donors (Lipinski definition) is 4. The van der Waals surface area contributed by atoms with Gasteiger partial charge < -0.3 is 5.11 Å². The van der Waals surface area contributed by atoms with Crippen LogP contribution in [-0.4, -0.2) is 50.0 Å². The van der Waals surface area contributed by atoms with Gasteiger partial charge in [0, 0.05) is 0 Å². The number of carbonyl (C=O) groups is 1. The molecule has 0 spiro atoms. The third-order valence-corrected chi connectivity index (χ3v) is 7.01. The maximum absolute atomic E-state index is 11.6. The van der Waals surface area contributed by atoms with E-state index >= 15 is 0 Å². The molecule has 11 nitrogen and oxygen atoms in total. The van der Waals surface area contributed by atoms with Crippen molar-refractivity contribution in [3.8, 4) is 11.1 Å². The van der Waals surface area contributed by atoms with Crippen LogP contribution in [0.2, 0.25) is 0 Å². The van der Waals surface area contributed by atoms with Crippen LogP contribution in [0.25, 0.3) is 11.1 Å². The van der Waals surface area contributed by atoms with E-state index < -0.39 is 62.1 Å². The molecule has 29 heavy (non-hydrogen) atoms. The Balaban J connectivity index is 3.06. The molecule has 0 saturated heterocycles. The number of aromatic carboxylic acids is 1. The predicted molar refractivity (Wildman–Crippen MR) is 97.8 cm³/mol. The van der Waals surface area contributed by atoms with Crippen LogP contribution >= 0.6 is 0 Å². The van der Waals surface area contributed by atoms with Crippen molar-refractivity contribution in [2.75, 3.05) is 0 Å². The van der Waals surface area contributed by atoms with E-state index in [-0.39, 0.29) is 16.7 Å². The first-order valence-corrected chi connectivity index (χ1v) is 11.7. The molecule has 2 rings (SSSR count). The van der Waals surface area contributed by atoms with Gasteiger partial charge in [0.25, 0.3) is 30.4 Å². The maximum Gasteiger partial charge on any atom is 0.336 e. The van der Waals surface area contributed by atoms with E-state index in [4.69, 9.17) is 0 Å². The Morgan fingerprint density at radius 2 is 0.966 bits per heavy atom. The Morgan fingerprint density at radius 3 is 1.28 bits per heavy atom. The summed E-state index contributed by atoms with van der Waals surface area (Å²) in [4.78, 5) is 8.81.